The number of nitrogens with zero attached hydrogens (tertiary/aromatic N) is 1. The molecular weight excluding hydrogens is 191 g/mol. The van der Waals surface area contributed by atoms with E-state index in [1.165, 1.54) is 0 Å². The van der Waals surface area contributed by atoms with Crippen LogP contribution in [0.5, 0.6) is 0 Å². The molecule has 1 fully saturated rings. The van der Waals surface area contributed by atoms with Crippen LogP contribution in [0.3, 0.4) is 0 Å². The minimum absolute atomic E-state index is 0.0660. The van der Waals surface area contributed by atoms with E-state index in [9.17, 15) is 4.39 Å². The molecule has 1 N–H and O–H groups in total. The lowest BCUT2D eigenvalue weighted by Crippen LogP contribution is -2.55. The molecule has 1 aromatic carbocycles. The van der Waals surface area contributed by atoms with Crippen LogP contribution in [0.1, 0.15) is 12.5 Å². The second-order valence-corrected chi connectivity index (χ2v) is 4.52. The third-order valence-corrected chi connectivity index (χ3v) is 3.47. The lowest BCUT2D eigenvalue weighted by Gasteiger charge is -2.38. The zero-order valence-electron chi connectivity index (χ0n) is 8.83. The van der Waals surface area contributed by atoms with E-state index < -0.39 is 0 Å². The Balaban J connectivity index is 2.08. The molecule has 0 spiro atoms. The lowest BCUT2D eigenvalue weighted by molar-refractivity contribution is 0.426. The summed E-state index contributed by atoms with van der Waals surface area (Å²) in [6, 6.07) is 6.26. The Morgan fingerprint density at radius 3 is 3.13 bits per heavy atom. The number of halogens is 1. The molecule has 2 aliphatic heterocycles. The fourth-order valence-electron chi connectivity index (χ4n) is 2.86. The summed E-state index contributed by atoms with van der Waals surface area (Å²) in [6.07, 6.45) is 0.977. The smallest absolute Gasteiger partial charge is 0.146 e. The largest absolute Gasteiger partial charge is 0.360 e. The maximum absolute atomic E-state index is 13.8. The molecule has 80 valence electrons. The number of nitrogens with one attached hydrogen (secondary N) is 1. The van der Waals surface area contributed by atoms with E-state index in [-0.39, 0.29) is 5.82 Å². The predicted octanol–water partition coefficient (Wildman–Crippen LogP) is 1.55. The third kappa shape index (κ3) is 1.26. The standard InChI is InChI=1S/C12H15FN2/c1-8-6-14-7-10-5-9-3-2-4-11(13)12(9)15(8)10/h2-4,8,10,14H,5-7H2,1H3/t8?,10-/m1/s1. The summed E-state index contributed by atoms with van der Waals surface area (Å²) in [5, 5.41) is 3.40. The van der Waals surface area contributed by atoms with Crippen LogP contribution >= 0.6 is 0 Å². The van der Waals surface area contributed by atoms with Crippen molar-refractivity contribution in [2.45, 2.75) is 25.4 Å². The van der Waals surface area contributed by atoms with Gasteiger partial charge in [0.25, 0.3) is 0 Å². The van der Waals surface area contributed by atoms with Crippen LogP contribution in [0.4, 0.5) is 10.1 Å². The Hall–Kier alpha value is -1.09. The molecule has 0 aliphatic carbocycles. The summed E-state index contributed by atoms with van der Waals surface area (Å²) >= 11 is 0. The number of hydrogen-bond acceptors (Lipinski definition) is 2. The van der Waals surface area contributed by atoms with Crippen molar-refractivity contribution in [3.05, 3.63) is 29.6 Å². The number of anilines is 1. The predicted molar refractivity (Wildman–Crippen MR) is 58.7 cm³/mol. The van der Waals surface area contributed by atoms with Crippen molar-refractivity contribution in [1.29, 1.82) is 0 Å². The average molecular weight is 206 g/mol. The Labute approximate surface area is 89.1 Å². The van der Waals surface area contributed by atoms with Crippen molar-refractivity contribution in [1.82, 2.24) is 5.32 Å². The van der Waals surface area contributed by atoms with Crippen molar-refractivity contribution in [3.63, 3.8) is 0 Å². The molecule has 0 saturated carbocycles. The van der Waals surface area contributed by atoms with E-state index in [0.717, 1.165) is 30.8 Å². The van der Waals surface area contributed by atoms with Gasteiger partial charge < -0.3 is 10.2 Å². The maximum Gasteiger partial charge on any atom is 0.146 e. The topological polar surface area (TPSA) is 15.3 Å². The van der Waals surface area contributed by atoms with Crippen molar-refractivity contribution in [2.24, 2.45) is 0 Å². The monoisotopic (exact) mass is 206 g/mol. The molecule has 1 saturated heterocycles. The first-order valence-corrected chi connectivity index (χ1v) is 5.54. The van der Waals surface area contributed by atoms with Crippen LogP contribution < -0.4 is 10.2 Å². The van der Waals surface area contributed by atoms with Gasteiger partial charge in [0.05, 0.1) is 5.69 Å². The fourth-order valence-corrected chi connectivity index (χ4v) is 2.86. The first-order chi connectivity index (χ1) is 7.27. The van der Waals surface area contributed by atoms with Gasteiger partial charge in [-0.2, -0.15) is 0 Å². The van der Waals surface area contributed by atoms with E-state index in [4.69, 9.17) is 0 Å². The molecule has 0 bridgehead atoms. The van der Waals surface area contributed by atoms with Gasteiger partial charge in [-0.3, -0.25) is 0 Å². The molecule has 0 amide bonds. The molecule has 3 rings (SSSR count). The third-order valence-electron chi connectivity index (χ3n) is 3.47. The molecule has 1 aromatic rings. The van der Waals surface area contributed by atoms with Crippen LogP contribution in [0.25, 0.3) is 0 Å². The summed E-state index contributed by atoms with van der Waals surface area (Å²) in [5.74, 6) is -0.0660. The van der Waals surface area contributed by atoms with Gasteiger partial charge in [-0.25, -0.2) is 4.39 Å². The van der Waals surface area contributed by atoms with Crippen molar-refractivity contribution in [2.75, 3.05) is 18.0 Å². The van der Waals surface area contributed by atoms with Gasteiger partial charge in [0, 0.05) is 25.2 Å². The summed E-state index contributed by atoms with van der Waals surface area (Å²) in [5.41, 5.74) is 2.01. The van der Waals surface area contributed by atoms with Gasteiger partial charge in [-0.15, -0.1) is 0 Å². The van der Waals surface area contributed by atoms with Crippen LogP contribution in [0.15, 0.2) is 18.2 Å². The van der Waals surface area contributed by atoms with E-state index in [1.54, 1.807) is 6.07 Å². The van der Waals surface area contributed by atoms with Gasteiger partial charge >= 0.3 is 0 Å². The molecule has 15 heavy (non-hydrogen) atoms. The normalized spacial score (nSPS) is 28.8. The summed E-state index contributed by atoms with van der Waals surface area (Å²) in [7, 11) is 0. The van der Waals surface area contributed by atoms with E-state index in [0.29, 0.717) is 12.1 Å². The number of piperazine rings is 1. The van der Waals surface area contributed by atoms with Crippen molar-refractivity contribution < 1.29 is 4.39 Å². The molecule has 2 heterocycles. The number of benzene rings is 1. The Kier molecular flexibility index (Phi) is 1.96. The molecule has 1 unspecified atom stereocenters. The number of fused-ring (bicyclic) bond motifs is 3. The SMILES string of the molecule is CC1CNC[C@H]2Cc3cccc(F)c3N12. The summed E-state index contributed by atoms with van der Waals surface area (Å²) in [4.78, 5) is 2.25. The van der Waals surface area contributed by atoms with Gasteiger partial charge in [-0.1, -0.05) is 12.1 Å². The zero-order valence-corrected chi connectivity index (χ0v) is 8.83. The van der Waals surface area contributed by atoms with Gasteiger partial charge in [0.15, 0.2) is 0 Å². The molecule has 0 aromatic heterocycles. The lowest BCUT2D eigenvalue weighted by atomic mass is 10.1. The highest BCUT2D eigenvalue weighted by Crippen LogP contribution is 2.36. The first-order valence-electron chi connectivity index (χ1n) is 5.54. The Bertz CT molecular complexity index is 391. The first kappa shape index (κ1) is 9.16. The van der Waals surface area contributed by atoms with Crippen LogP contribution in [-0.2, 0) is 6.42 Å². The van der Waals surface area contributed by atoms with Gasteiger partial charge in [0.1, 0.15) is 5.82 Å². The summed E-state index contributed by atoms with van der Waals surface area (Å²) in [6.45, 7) is 4.07. The van der Waals surface area contributed by atoms with E-state index >= 15 is 0 Å². The molecule has 3 heteroatoms. The average Bonchev–Trinajstić information content (AvgIpc) is 2.58. The minimum atomic E-state index is -0.0660. The van der Waals surface area contributed by atoms with Crippen LogP contribution in [-0.4, -0.2) is 25.2 Å². The molecule has 0 radical (unpaired) electrons. The second-order valence-electron chi connectivity index (χ2n) is 4.52. The molecule has 2 aliphatic rings. The Morgan fingerprint density at radius 1 is 1.40 bits per heavy atom. The van der Waals surface area contributed by atoms with Crippen molar-refractivity contribution >= 4 is 5.69 Å². The minimum Gasteiger partial charge on any atom is -0.360 e. The van der Waals surface area contributed by atoms with Crippen molar-refractivity contribution in [3.8, 4) is 0 Å². The van der Waals surface area contributed by atoms with Gasteiger partial charge in [0.2, 0.25) is 0 Å². The highest BCUT2D eigenvalue weighted by molar-refractivity contribution is 5.61. The molecular formula is C12H15FN2. The molecule has 2 atom stereocenters. The highest BCUT2D eigenvalue weighted by Gasteiger charge is 2.36. The maximum atomic E-state index is 13.8. The van der Waals surface area contributed by atoms with E-state index in [1.807, 2.05) is 12.1 Å². The van der Waals surface area contributed by atoms with E-state index in [2.05, 4.69) is 17.1 Å². The number of hydrogen-bond donors (Lipinski definition) is 1. The van der Waals surface area contributed by atoms with Crippen LogP contribution in [0, 0.1) is 5.82 Å². The zero-order chi connectivity index (χ0) is 10.4. The quantitative estimate of drug-likeness (QED) is 0.693. The van der Waals surface area contributed by atoms with Gasteiger partial charge in [-0.05, 0) is 25.0 Å². The molecule has 2 nitrogen and oxygen atoms in total. The Morgan fingerprint density at radius 2 is 2.27 bits per heavy atom. The fraction of sp³-hybridized carbons (Fsp3) is 0.500. The highest BCUT2D eigenvalue weighted by atomic mass is 19.1. The van der Waals surface area contributed by atoms with Crippen LogP contribution in [0.2, 0.25) is 0 Å². The summed E-state index contributed by atoms with van der Waals surface area (Å²) < 4.78 is 13.8. The number of rotatable bonds is 0. The second kappa shape index (κ2) is 3.20. The number of para-hydroxylation sites is 1.